The van der Waals surface area contributed by atoms with Crippen LogP contribution in [0.1, 0.15) is 46.1 Å². The van der Waals surface area contributed by atoms with E-state index in [-0.39, 0.29) is 40.0 Å². The molecule has 1 amide bonds. The number of amides is 1. The summed E-state index contributed by atoms with van der Waals surface area (Å²) in [7, 11) is -7.28. The Morgan fingerprint density at radius 2 is 1.72 bits per heavy atom. The normalized spacial score (nSPS) is 16.6. The number of rotatable bonds is 9. The Morgan fingerprint density at radius 3 is 2.22 bits per heavy atom. The number of anilines is 1. The van der Waals surface area contributed by atoms with E-state index in [2.05, 4.69) is 0 Å². The first-order valence-electron chi connectivity index (χ1n) is 12.2. The first-order valence-corrected chi connectivity index (χ1v) is 15.6. The van der Waals surface area contributed by atoms with Crippen molar-refractivity contribution < 1.29 is 22.2 Å². The Morgan fingerprint density at radius 1 is 1.11 bits per heavy atom. The second-order valence-electron chi connectivity index (χ2n) is 9.73. The molecule has 36 heavy (non-hydrogen) atoms. The van der Waals surface area contributed by atoms with Crippen LogP contribution in [0.5, 0.6) is 5.75 Å². The zero-order valence-corrected chi connectivity index (χ0v) is 23.3. The van der Waals surface area contributed by atoms with Crippen LogP contribution in [0, 0.1) is 10.7 Å². The molecule has 1 aliphatic heterocycles. The van der Waals surface area contributed by atoms with Crippen molar-refractivity contribution in [2.45, 2.75) is 62.9 Å². The number of benzene rings is 2. The SMILES string of the molecule is CCc1ccc(N(CC(C)C)S(=O)(=O)c2ccc(OC3CCN(C(C)=O)CC3)c(S(C)(=N)=O)c2)cc1. The maximum absolute atomic E-state index is 13.8. The number of ether oxygens (including phenoxy) is 1. The predicted octanol–water partition coefficient (Wildman–Crippen LogP) is 4.53. The van der Waals surface area contributed by atoms with Gasteiger partial charge in [-0.2, -0.15) is 0 Å². The standard InChI is InChI=1S/C26H37N3O5S2/c1-6-21-7-9-22(10-8-21)29(18-19(2)3)36(32,33)24-11-12-25(26(17-24)35(5,27)31)34-23-13-15-28(16-14-23)20(4)30/h7-12,17,19,23,27H,6,13-16,18H2,1-5H3. The Hall–Kier alpha value is -2.59. The molecule has 1 heterocycles. The van der Waals surface area contributed by atoms with Crippen molar-refractivity contribution in [2.75, 3.05) is 30.2 Å². The quantitative estimate of drug-likeness (QED) is 0.508. The van der Waals surface area contributed by atoms with Crippen LogP contribution in [0.4, 0.5) is 5.69 Å². The van der Waals surface area contributed by atoms with E-state index in [9.17, 15) is 17.4 Å². The minimum absolute atomic E-state index is 0.0155. The van der Waals surface area contributed by atoms with E-state index in [1.165, 1.54) is 35.7 Å². The average Bonchev–Trinajstić information content (AvgIpc) is 2.82. The predicted molar refractivity (Wildman–Crippen MR) is 143 cm³/mol. The lowest BCUT2D eigenvalue weighted by atomic mass is 10.1. The van der Waals surface area contributed by atoms with E-state index >= 15 is 0 Å². The van der Waals surface area contributed by atoms with Gasteiger partial charge < -0.3 is 9.64 Å². The minimum Gasteiger partial charge on any atom is -0.489 e. The zero-order chi connectivity index (χ0) is 26.7. The first kappa shape index (κ1) is 28.0. The third kappa shape index (κ3) is 6.59. The highest BCUT2D eigenvalue weighted by Crippen LogP contribution is 2.33. The van der Waals surface area contributed by atoms with Crippen molar-refractivity contribution in [3.05, 3.63) is 48.0 Å². The van der Waals surface area contributed by atoms with E-state index < -0.39 is 19.8 Å². The number of hydrogen-bond donors (Lipinski definition) is 1. The molecule has 0 bridgehead atoms. The van der Waals surface area contributed by atoms with Gasteiger partial charge in [-0.1, -0.05) is 32.9 Å². The van der Waals surface area contributed by atoms with Crippen LogP contribution < -0.4 is 9.04 Å². The summed E-state index contributed by atoms with van der Waals surface area (Å²) in [4.78, 5) is 13.4. The number of carbonyl (C=O) groups excluding carboxylic acids is 1. The van der Waals surface area contributed by atoms with Crippen LogP contribution in [-0.2, 0) is 31.0 Å². The van der Waals surface area contributed by atoms with Crippen molar-refractivity contribution in [1.82, 2.24) is 4.90 Å². The minimum atomic E-state index is -3.99. The van der Waals surface area contributed by atoms with E-state index in [4.69, 9.17) is 9.52 Å². The van der Waals surface area contributed by atoms with Crippen LogP contribution in [-0.4, -0.2) is 55.4 Å². The Labute approximate surface area is 215 Å². The highest BCUT2D eigenvalue weighted by molar-refractivity contribution is 7.93. The molecule has 0 aliphatic carbocycles. The molecule has 1 aliphatic rings. The van der Waals surface area contributed by atoms with Crippen molar-refractivity contribution in [3.63, 3.8) is 0 Å². The Kier molecular flexibility index (Phi) is 8.71. The van der Waals surface area contributed by atoms with Crippen LogP contribution in [0.3, 0.4) is 0 Å². The summed E-state index contributed by atoms with van der Waals surface area (Å²) < 4.78 is 56.2. The molecule has 0 aromatic heterocycles. The zero-order valence-electron chi connectivity index (χ0n) is 21.7. The van der Waals surface area contributed by atoms with Crippen molar-refractivity contribution in [1.29, 1.82) is 4.78 Å². The summed E-state index contributed by atoms with van der Waals surface area (Å²) in [6.45, 7) is 8.87. The van der Waals surface area contributed by atoms with Gasteiger partial charge in [0.1, 0.15) is 11.9 Å². The van der Waals surface area contributed by atoms with Gasteiger partial charge in [0.25, 0.3) is 10.0 Å². The molecule has 0 saturated carbocycles. The maximum atomic E-state index is 13.8. The lowest BCUT2D eigenvalue weighted by Gasteiger charge is -2.32. The molecule has 0 radical (unpaired) electrons. The molecular formula is C26H37N3O5S2. The molecule has 2 aromatic rings. The van der Waals surface area contributed by atoms with Crippen molar-refractivity contribution in [2.24, 2.45) is 5.92 Å². The molecule has 1 saturated heterocycles. The number of sulfonamides is 1. The molecule has 8 nitrogen and oxygen atoms in total. The lowest BCUT2D eigenvalue weighted by molar-refractivity contribution is -0.130. The van der Waals surface area contributed by atoms with Gasteiger partial charge in [-0.05, 0) is 48.2 Å². The topological polar surface area (TPSA) is 108 Å². The van der Waals surface area contributed by atoms with Crippen molar-refractivity contribution >= 4 is 31.3 Å². The number of nitrogens with one attached hydrogen (secondary N) is 1. The molecule has 0 spiro atoms. The van der Waals surface area contributed by atoms with Crippen LogP contribution >= 0.6 is 0 Å². The summed E-state index contributed by atoms with van der Waals surface area (Å²) in [5.41, 5.74) is 1.67. The summed E-state index contributed by atoms with van der Waals surface area (Å²) in [5.74, 6) is 0.335. The third-order valence-corrected chi connectivity index (χ3v) is 9.22. The number of piperidine rings is 1. The molecule has 10 heteroatoms. The van der Waals surface area contributed by atoms with Gasteiger partial charge in [0.05, 0.1) is 25.2 Å². The van der Waals surface area contributed by atoms with Gasteiger partial charge in [0, 0.05) is 45.7 Å². The third-order valence-electron chi connectivity index (χ3n) is 6.27. The monoisotopic (exact) mass is 535 g/mol. The van der Waals surface area contributed by atoms with Gasteiger partial charge in [0.15, 0.2) is 0 Å². The summed E-state index contributed by atoms with van der Waals surface area (Å²) >= 11 is 0. The number of nitrogens with zero attached hydrogens (tertiary/aromatic N) is 2. The molecule has 1 fully saturated rings. The smallest absolute Gasteiger partial charge is 0.264 e. The fourth-order valence-electron chi connectivity index (χ4n) is 4.22. The van der Waals surface area contributed by atoms with E-state index in [1.807, 2.05) is 32.9 Å². The van der Waals surface area contributed by atoms with E-state index in [0.717, 1.165) is 12.0 Å². The average molecular weight is 536 g/mol. The molecule has 1 N–H and O–H groups in total. The summed E-state index contributed by atoms with van der Waals surface area (Å²) in [6, 6.07) is 11.7. The summed E-state index contributed by atoms with van der Waals surface area (Å²) in [5, 5.41) is 0. The van der Waals surface area contributed by atoms with Gasteiger partial charge >= 0.3 is 0 Å². The van der Waals surface area contributed by atoms with Crippen molar-refractivity contribution in [3.8, 4) is 5.75 Å². The van der Waals surface area contributed by atoms with Gasteiger partial charge in [-0.3, -0.25) is 9.10 Å². The molecule has 198 valence electrons. The van der Waals surface area contributed by atoms with E-state index in [0.29, 0.717) is 31.6 Å². The van der Waals surface area contributed by atoms with Gasteiger partial charge in [-0.25, -0.2) is 17.4 Å². The molecule has 2 aromatic carbocycles. The molecule has 1 atom stereocenters. The molecule has 3 rings (SSSR count). The fraction of sp³-hybridized carbons (Fsp3) is 0.500. The number of hydrogen-bond acceptors (Lipinski definition) is 6. The summed E-state index contributed by atoms with van der Waals surface area (Å²) in [6.07, 6.45) is 3.12. The Bertz CT molecular complexity index is 1280. The van der Waals surface area contributed by atoms with E-state index in [1.54, 1.807) is 17.0 Å². The number of carbonyl (C=O) groups is 1. The first-order chi connectivity index (χ1) is 16.8. The largest absolute Gasteiger partial charge is 0.489 e. The van der Waals surface area contributed by atoms with Gasteiger partial charge in [0.2, 0.25) is 5.91 Å². The number of aryl methyl sites for hydroxylation is 1. The van der Waals surface area contributed by atoms with Crippen LogP contribution in [0.25, 0.3) is 0 Å². The highest BCUT2D eigenvalue weighted by atomic mass is 32.2. The molecule has 1 unspecified atom stereocenters. The lowest BCUT2D eigenvalue weighted by Crippen LogP contribution is -2.40. The number of likely N-dealkylation sites (tertiary alicyclic amines) is 1. The Balaban J connectivity index is 1.96. The molecular weight excluding hydrogens is 498 g/mol. The highest BCUT2D eigenvalue weighted by Gasteiger charge is 2.29. The van der Waals surface area contributed by atoms with Crippen LogP contribution in [0.2, 0.25) is 0 Å². The fourth-order valence-corrected chi connectivity index (χ4v) is 6.80. The second-order valence-corrected chi connectivity index (χ2v) is 13.7. The van der Waals surface area contributed by atoms with Crippen LogP contribution in [0.15, 0.2) is 52.3 Å². The maximum Gasteiger partial charge on any atom is 0.264 e. The second kappa shape index (κ2) is 11.2. The van der Waals surface area contributed by atoms with Gasteiger partial charge in [-0.15, -0.1) is 0 Å².